The van der Waals surface area contributed by atoms with E-state index in [0.29, 0.717) is 19.6 Å². The van der Waals surface area contributed by atoms with Crippen LogP contribution in [0.4, 0.5) is 0 Å². The standard InChI is InChI=1S/C21H25NO2/c1-3-4-7-13-22-21(23)15-18-10-8-12-20(14-18)24-16-19-11-6-5-9-17(19)2/h3-6,8-12,14H,7,13,15-16H2,1-2H3,(H,22,23)/b4-3+. The smallest absolute Gasteiger partial charge is 0.224 e. The molecule has 0 saturated heterocycles. The van der Waals surface area contributed by atoms with Gasteiger partial charge in [0.15, 0.2) is 0 Å². The van der Waals surface area contributed by atoms with Crippen LogP contribution in [0.15, 0.2) is 60.7 Å². The van der Waals surface area contributed by atoms with Gasteiger partial charge in [-0.25, -0.2) is 0 Å². The maximum absolute atomic E-state index is 11.9. The van der Waals surface area contributed by atoms with Crippen LogP contribution in [0.3, 0.4) is 0 Å². The van der Waals surface area contributed by atoms with Crippen LogP contribution in [0.5, 0.6) is 5.75 Å². The Balaban J connectivity index is 1.87. The van der Waals surface area contributed by atoms with Gasteiger partial charge in [-0.15, -0.1) is 0 Å². The predicted octanol–water partition coefficient (Wildman–Crippen LogP) is 4.20. The quantitative estimate of drug-likeness (QED) is 0.584. The number of aryl methyl sites for hydroxylation is 1. The first-order valence-corrected chi connectivity index (χ1v) is 8.33. The lowest BCUT2D eigenvalue weighted by Crippen LogP contribution is -2.25. The molecule has 1 N–H and O–H groups in total. The highest BCUT2D eigenvalue weighted by Crippen LogP contribution is 2.17. The van der Waals surface area contributed by atoms with E-state index < -0.39 is 0 Å². The molecule has 126 valence electrons. The summed E-state index contributed by atoms with van der Waals surface area (Å²) in [5, 5.41) is 2.92. The number of nitrogens with one attached hydrogen (secondary N) is 1. The van der Waals surface area contributed by atoms with Gasteiger partial charge in [-0.3, -0.25) is 4.79 Å². The van der Waals surface area contributed by atoms with E-state index in [4.69, 9.17) is 4.74 Å². The second-order valence-electron chi connectivity index (χ2n) is 5.75. The van der Waals surface area contributed by atoms with Gasteiger partial charge in [0, 0.05) is 6.54 Å². The molecule has 0 saturated carbocycles. The van der Waals surface area contributed by atoms with Crippen molar-refractivity contribution in [3.8, 4) is 5.75 Å². The molecule has 0 aliphatic rings. The van der Waals surface area contributed by atoms with Crippen LogP contribution in [-0.2, 0) is 17.8 Å². The summed E-state index contributed by atoms with van der Waals surface area (Å²) in [4.78, 5) is 11.9. The lowest BCUT2D eigenvalue weighted by atomic mass is 10.1. The van der Waals surface area contributed by atoms with E-state index in [1.165, 1.54) is 11.1 Å². The predicted molar refractivity (Wildman–Crippen MR) is 98.1 cm³/mol. The van der Waals surface area contributed by atoms with Crippen molar-refractivity contribution < 1.29 is 9.53 Å². The maximum atomic E-state index is 11.9. The van der Waals surface area contributed by atoms with Crippen molar-refractivity contribution in [1.29, 1.82) is 0 Å². The van der Waals surface area contributed by atoms with Crippen LogP contribution in [0.25, 0.3) is 0 Å². The normalized spacial score (nSPS) is 10.8. The average molecular weight is 323 g/mol. The summed E-state index contributed by atoms with van der Waals surface area (Å²) in [6, 6.07) is 15.9. The summed E-state index contributed by atoms with van der Waals surface area (Å²) in [6.07, 6.45) is 5.26. The summed E-state index contributed by atoms with van der Waals surface area (Å²) in [5.74, 6) is 0.827. The third-order valence-corrected chi connectivity index (χ3v) is 3.79. The van der Waals surface area contributed by atoms with Crippen molar-refractivity contribution in [2.75, 3.05) is 6.54 Å². The number of carbonyl (C=O) groups excluding carboxylic acids is 1. The Bertz CT molecular complexity index is 692. The minimum Gasteiger partial charge on any atom is -0.489 e. The van der Waals surface area contributed by atoms with Crippen LogP contribution in [0, 0.1) is 6.92 Å². The molecular formula is C21H25NO2. The van der Waals surface area contributed by atoms with Crippen molar-refractivity contribution in [2.24, 2.45) is 0 Å². The molecule has 0 atom stereocenters. The van der Waals surface area contributed by atoms with Crippen molar-refractivity contribution >= 4 is 5.91 Å². The molecule has 0 aliphatic heterocycles. The Kier molecular flexibility index (Phi) is 7.09. The number of amides is 1. The zero-order valence-corrected chi connectivity index (χ0v) is 14.4. The van der Waals surface area contributed by atoms with Crippen molar-refractivity contribution in [2.45, 2.75) is 33.3 Å². The molecule has 0 unspecified atom stereocenters. The fourth-order valence-corrected chi connectivity index (χ4v) is 2.39. The molecule has 3 heteroatoms. The second kappa shape index (κ2) is 9.56. The molecule has 3 nitrogen and oxygen atoms in total. The fourth-order valence-electron chi connectivity index (χ4n) is 2.39. The number of benzene rings is 2. The first-order chi connectivity index (χ1) is 11.7. The van der Waals surface area contributed by atoms with E-state index in [1.54, 1.807) is 0 Å². The van der Waals surface area contributed by atoms with Gasteiger partial charge in [-0.1, -0.05) is 48.6 Å². The fraction of sp³-hybridized carbons (Fsp3) is 0.286. The Labute approximate surface area is 144 Å². The highest BCUT2D eigenvalue weighted by molar-refractivity contribution is 5.78. The van der Waals surface area contributed by atoms with Crippen molar-refractivity contribution in [3.63, 3.8) is 0 Å². The Morgan fingerprint density at radius 2 is 2.00 bits per heavy atom. The molecular weight excluding hydrogens is 298 g/mol. The molecule has 0 bridgehead atoms. The lowest BCUT2D eigenvalue weighted by Gasteiger charge is -2.10. The van der Waals surface area contributed by atoms with E-state index in [0.717, 1.165) is 17.7 Å². The molecule has 24 heavy (non-hydrogen) atoms. The Hall–Kier alpha value is -2.55. The van der Waals surface area contributed by atoms with Gasteiger partial charge >= 0.3 is 0 Å². The maximum Gasteiger partial charge on any atom is 0.224 e. The van der Waals surface area contributed by atoms with Crippen molar-refractivity contribution in [3.05, 3.63) is 77.4 Å². The highest BCUT2D eigenvalue weighted by Gasteiger charge is 2.05. The molecule has 2 rings (SSSR count). The van der Waals surface area contributed by atoms with Gasteiger partial charge in [0.1, 0.15) is 12.4 Å². The molecule has 0 aliphatic carbocycles. The third kappa shape index (κ3) is 5.92. The lowest BCUT2D eigenvalue weighted by molar-refractivity contribution is -0.120. The summed E-state index contributed by atoms with van der Waals surface area (Å²) in [7, 11) is 0. The molecule has 0 fully saturated rings. The molecule has 2 aromatic rings. The molecule has 0 radical (unpaired) electrons. The van der Waals surface area contributed by atoms with Gasteiger partial charge in [0.2, 0.25) is 5.91 Å². The molecule has 0 aromatic heterocycles. The highest BCUT2D eigenvalue weighted by atomic mass is 16.5. The number of carbonyl (C=O) groups is 1. The summed E-state index contributed by atoms with van der Waals surface area (Å²) in [5.41, 5.74) is 3.35. The molecule has 0 spiro atoms. The number of allylic oxidation sites excluding steroid dienone is 1. The number of hydrogen-bond donors (Lipinski definition) is 1. The van der Waals surface area contributed by atoms with E-state index in [1.807, 2.05) is 55.5 Å². The van der Waals surface area contributed by atoms with Crippen LogP contribution in [0.1, 0.15) is 30.0 Å². The van der Waals surface area contributed by atoms with Gasteiger partial charge in [-0.2, -0.15) is 0 Å². The second-order valence-corrected chi connectivity index (χ2v) is 5.75. The summed E-state index contributed by atoms with van der Waals surface area (Å²) >= 11 is 0. The first kappa shape index (κ1) is 17.8. The van der Waals surface area contributed by atoms with E-state index in [-0.39, 0.29) is 5.91 Å². The van der Waals surface area contributed by atoms with E-state index >= 15 is 0 Å². The van der Waals surface area contributed by atoms with Gasteiger partial charge < -0.3 is 10.1 Å². The molecule has 1 amide bonds. The van der Waals surface area contributed by atoms with Gasteiger partial charge in [0.05, 0.1) is 6.42 Å². The van der Waals surface area contributed by atoms with E-state index in [9.17, 15) is 4.79 Å². The molecule has 0 heterocycles. The van der Waals surface area contributed by atoms with Crippen LogP contribution in [0.2, 0.25) is 0 Å². The van der Waals surface area contributed by atoms with Gasteiger partial charge in [0.25, 0.3) is 0 Å². The zero-order valence-electron chi connectivity index (χ0n) is 14.4. The Morgan fingerprint density at radius 3 is 2.79 bits per heavy atom. The summed E-state index contributed by atoms with van der Waals surface area (Å²) in [6.45, 7) is 5.26. The van der Waals surface area contributed by atoms with Crippen LogP contribution < -0.4 is 10.1 Å². The van der Waals surface area contributed by atoms with E-state index in [2.05, 4.69) is 24.4 Å². The van der Waals surface area contributed by atoms with Crippen LogP contribution >= 0.6 is 0 Å². The summed E-state index contributed by atoms with van der Waals surface area (Å²) < 4.78 is 5.87. The third-order valence-electron chi connectivity index (χ3n) is 3.79. The number of hydrogen-bond acceptors (Lipinski definition) is 2. The van der Waals surface area contributed by atoms with Gasteiger partial charge in [-0.05, 0) is 49.1 Å². The molecule has 2 aromatic carbocycles. The van der Waals surface area contributed by atoms with Crippen LogP contribution in [-0.4, -0.2) is 12.5 Å². The minimum atomic E-state index is 0.0376. The number of rotatable bonds is 8. The largest absolute Gasteiger partial charge is 0.489 e. The number of ether oxygens (including phenoxy) is 1. The first-order valence-electron chi connectivity index (χ1n) is 8.33. The van der Waals surface area contributed by atoms with Crippen molar-refractivity contribution in [1.82, 2.24) is 5.32 Å². The monoisotopic (exact) mass is 323 g/mol. The SMILES string of the molecule is C/C=C/CCNC(=O)Cc1cccc(OCc2ccccc2C)c1. The minimum absolute atomic E-state index is 0.0376. The average Bonchev–Trinajstić information content (AvgIpc) is 2.58. The Morgan fingerprint density at radius 1 is 1.17 bits per heavy atom. The topological polar surface area (TPSA) is 38.3 Å². The zero-order chi connectivity index (χ0) is 17.2.